The monoisotopic (exact) mass is 378 g/mol. The normalized spacial score (nSPS) is 22.5. The minimum Gasteiger partial charge on any atom is -0.511 e. The molecule has 1 aliphatic heterocycles. The number of esters is 1. The largest absolute Gasteiger partial charge is 0.511 e. The molecular formula is C21H30O6. The van der Waals surface area contributed by atoms with Crippen molar-refractivity contribution in [2.24, 2.45) is 11.8 Å². The molecule has 27 heavy (non-hydrogen) atoms. The number of aliphatic hydroxyl groups is 1. The molecule has 0 saturated carbocycles. The summed E-state index contributed by atoms with van der Waals surface area (Å²) in [6, 6.07) is 0. The highest BCUT2D eigenvalue weighted by atomic mass is 16.5. The van der Waals surface area contributed by atoms with Crippen molar-refractivity contribution in [3.05, 3.63) is 35.1 Å². The van der Waals surface area contributed by atoms with E-state index in [1.54, 1.807) is 25.2 Å². The molecule has 0 spiro atoms. The number of carbonyl (C=O) groups is 3. The van der Waals surface area contributed by atoms with Gasteiger partial charge in [-0.3, -0.25) is 4.79 Å². The van der Waals surface area contributed by atoms with E-state index in [2.05, 4.69) is 0 Å². The molecule has 1 heterocycles. The number of rotatable bonds is 9. The van der Waals surface area contributed by atoms with Crippen LogP contribution in [0.25, 0.3) is 0 Å². The standard InChI is InChI=1S/C21H30O6/c1-5-13(2)11-16(20(24)25)8-6-7-14(3)9-10-17(22)19-18(23)12-15(4)27-21(19)26/h6,8,11,13-15,22H,5,7,9-10,12H2,1-4H3,(H,24,25)/b8-6+,16-11+,19-17-/t13-,14-,15+/m0/s1. The van der Waals surface area contributed by atoms with E-state index in [1.807, 2.05) is 20.8 Å². The van der Waals surface area contributed by atoms with Crippen LogP contribution >= 0.6 is 0 Å². The predicted molar refractivity (Wildman–Crippen MR) is 102 cm³/mol. The number of carboxylic acid groups (broad SMARTS) is 1. The lowest BCUT2D eigenvalue weighted by Crippen LogP contribution is -2.31. The molecule has 1 fully saturated rings. The number of carboxylic acids is 1. The molecule has 6 heteroatoms. The minimum atomic E-state index is -0.954. The van der Waals surface area contributed by atoms with E-state index in [4.69, 9.17) is 4.74 Å². The zero-order valence-corrected chi connectivity index (χ0v) is 16.5. The summed E-state index contributed by atoms with van der Waals surface area (Å²) in [4.78, 5) is 35.0. The predicted octanol–water partition coefficient (Wildman–Crippen LogP) is 4.12. The highest BCUT2D eigenvalue weighted by molar-refractivity contribution is 6.19. The van der Waals surface area contributed by atoms with E-state index in [0.717, 1.165) is 6.42 Å². The molecule has 0 aromatic carbocycles. The maximum Gasteiger partial charge on any atom is 0.345 e. The van der Waals surface area contributed by atoms with Gasteiger partial charge in [-0.25, -0.2) is 9.59 Å². The van der Waals surface area contributed by atoms with Gasteiger partial charge >= 0.3 is 11.9 Å². The summed E-state index contributed by atoms with van der Waals surface area (Å²) in [5.41, 5.74) is 0.0340. The second-order valence-corrected chi connectivity index (χ2v) is 7.26. The molecule has 0 aliphatic carbocycles. The average molecular weight is 378 g/mol. The number of cyclic esters (lactones) is 1. The maximum absolute atomic E-state index is 11.9. The van der Waals surface area contributed by atoms with Crippen molar-refractivity contribution in [1.29, 1.82) is 0 Å². The minimum absolute atomic E-state index is 0.0872. The summed E-state index contributed by atoms with van der Waals surface area (Å²) in [5.74, 6) is -1.98. The molecule has 0 bridgehead atoms. The van der Waals surface area contributed by atoms with Crippen LogP contribution in [0.2, 0.25) is 0 Å². The molecular weight excluding hydrogens is 348 g/mol. The van der Waals surface area contributed by atoms with E-state index in [9.17, 15) is 24.6 Å². The third-order valence-corrected chi connectivity index (χ3v) is 4.62. The van der Waals surface area contributed by atoms with Gasteiger partial charge in [0, 0.05) is 12.8 Å². The fourth-order valence-corrected chi connectivity index (χ4v) is 2.71. The Morgan fingerprint density at radius 1 is 1.30 bits per heavy atom. The van der Waals surface area contributed by atoms with Crippen LogP contribution in [0.3, 0.4) is 0 Å². The van der Waals surface area contributed by atoms with Crippen molar-refractivity contribution < 1.29 is 29.3 Å². The van der Waals surface area contributed by atoms with Crippen molar-refractivity contribution >= 4 is 17.7 Å². The van der Waals surface area contributed by atoms with E-state index in [-0.39, 0.29) is 47.4 Å². The Bertz CT molecular complexity index is 636. The molecule has 0 aromatic rings. The summed E-state index contributed by atoms with van der Waals surface area (Å²) < 4.78 is 5.00. The van der Waals surface area contributed by atoms with Gasteiger partial charge in [0.15, 0.2) is 5.78 Å². The quantitative estimate of drug-likeness (QED) is 0.206. The summed E-state index contributed by atoms with van der Waals surface area (Å²) in [7, 11) is 0. The third-order valence-electron chi connectivity index (χ3n) is 4.62. The van der Waals surface area contributed by atoms with E-state index >= 15 is 0 Å². The molecule has 6 nitrogen and oxygen atoms in total. The lowest BCUT2D eigenvalue weighted by Gasteiger charge is -2.20. The van der Waals surface area contributed by atoms with Crippen molar-refractivity contribution in [3.63, 3.8) is 0 Å². The fourth-order valence-electron chi connectivity index (χ4n) is 2.71. The Morgan fingerprint density at radius 3 is 2.52 bits per heavy atom. The van der Waals surface area contributed by atoms with Crippen LogP contribution in [0.15, 0.2) is 35.1 Å². The lowest BCUT2D eigenvalue weighted by molar-refractivity contribution is -0.150. The first kappa shape index (κ1) is 22.7. The van der Waals surface area contributed by atoms with E-state index < -0.39 is 18.0 Å². The van der Waals surface area contributed by atoms with Crippen molar-refractivity contribution in [3.8, 4) is 0 Å². The number of aliphatic carboxylic acids is 1. The zero-order valence-electron chi connectivity index (χ0n) is 16.5. The van der Waals surface area contributed by atoms with Crippen LogP contribution in [0.1, 0.15) is 59.8 Å². The number of carbonyl (C=O) groups excluding carboxylic acids is 2. The Kier molecular flexibility index (Phi) is 8.98. The Balaban J connectivity index is 2.62. The number of allylic oxidation sites excluding steroid dienone is 3. The van der Waals surface area contributed by atoms with Gasteiger partial charge in [-0.2, -0.15) is 0 Å². The Labute approximate surface area is 160 Å². The molecule has 3 atom stereocenters. The number of Topliss-reactive ketones (excluding diaryl/α,β-unsaturated/α-hetero) is 1. The van der Waals surface area contributed by atoms with E-state index in [0.29, 0.717) is 12.8 Å². The summed E-state index contributed by atoms with van der Waals surface area (Å²) in [6.07, 6.45) is 7.04. The van der Waals surface area contributed by atoms with Gasteiger partial charge in [-0.05, 0) is 31.6 Å². The second kappa shape index (κ2) is 10.7. The van der Waals surface area contributed by atoms with Gasteiger partial charge in [0.05, 0.1) is 5.57 Å². The highest BCUT2D eigenvalue weighted by Crippen LogP contribution is 2.23. The molecule has 1 aliphatic rings. The van der Waals surface area contributed by atoms with Crippen LogP contribution in [-0.2, 0) is 19.1 Å². The molecule has 150 valence electrons. The fraction of sp³-hybridized carbons (Fsp3) is 0.571. The van der Waals surface area contributed by atoms with Crippen molar-refractivity contribution in [1.82, 2.24) is 0 Å². The highest BCUT2D eigenvalue weighted by Gasteiger charge is 2.32. The smallest absolute Gasteiger partial charge is 0.345 e. The van der Waals surface area contributed by atoms with E-state index in [1.165, 1.54) is 0 Å². The molecule has 0 radical (unpaired) electrons. The second-order valence-electron chi connectivity index (χ2n) is 7.26. The molecule has 1 saturated heterocycles. The number of ether oxygens (including phenoxy) is 1. The molecule has 0 aromatic heterocycles. The van der Waals surface area contributed by atoms with Crippen LogP contribution in [0.4, 0.5) is 0 Å². The third kappa shape index (κ3) is 7.41. The zero-order chi connectivity index (χ0) is 20.6. The first-order chi connectivity index (χ1) is 12.6. The lowest BCUT2D eigenvalue weighted by atomic mass is 9.96. The summed E-state index contributed by atoms with van der Waals surface area (Å²) >= 11 is 0. The number of hydrogen-bond acceptors (Lipinski definition) is 5. The van der Waals surface area contributed by atoms with Crippen LogP contribution < -0.4 is 0 Å². The topological polar surface area (TPSA) is 101 Å². The first-order valence-electron chi connectivity index (χ1n) is 9.43. The van der Waals surface area contributed by atoms with Crippen molar-refractivity contribution in [2.75, 3.05) is 0 Å². The Morgan fingerprint density at radius 2 is 1.96 bits per heavy atom. The Hall–Kier alpha value is -2.37. The number of aliphatic hydroxyl groups excluding tert-OH is 1. The van der Waals surface area contributed by atoms with Crippen LogP contribution in [0, 0.1) is 11.8 Å². The molecule has 1 rings (SSSR count). The van der Waals surface area contributed by atoms with Gasteiger partial charge in [0.2, 0.25) is 0 Å². The van der Waals surface area contributed by atoms with Crippen LogP contribution in [0.5, 0.6) is 0 Å². The van der Waals surface area contributed by atoms with Gasteiger partial charge in [0.1, 0.15) is 17.4 Å². The summed E-state index contributed by atoms with van der Waals surface area (Å²) in [6.45, 7) is 7.57. The summed E-state index contributed by atoms with van der Waals surface area (Å²) in [5, 5.41) is 19.4. The van der Waals surface area contributed by atoms with Crippen molar-refractivity contribution in [2.45, 2.75) is 65.9 Å². The number of ketones is 1. The SMILES string of the molecule is CC[C@H](C)/C=C(\C=C\C[C@H](C)CC/C(O)=C1\C(=O)C[C@@H](C)OC1=O)C(=O)O. The molecule has 0 unspecified atom stereocenters. The molecule has 0 amide bonds. The van der Waals surface area contributed by atoms with Gasteiger partial charge in [0.25, 0.3) is 0 Å². The number of hydrogen-bond donors (Lipinski definition) is 2. The first-order valence-corrected chi connectivity index (χ1v) is 9.43. The molecule has 2 N–H and O–H groups in total. The van der Waals surface area contributed by atoms with Gasteiger partial charge in [-0.15, -0.1) is 0 Å². The van der Waals surface area contributed by atoms with Crippen LogP contribution in [-0.4, -0.2) is 34.0 Å². The van der Waals surface area contributed by atoms with Gasteiger partial charge < -0.3 is 14.9 Å². The van der Waals surface area contributed by atoms with Gasteiger partial charge in [-0.1, -0.05) is 45.4 Å². The maximum atomic E-state index is 11.9. The average Bonchev–Trinajstić information content (AvgIpc) is 2.57.